The first-order valence-electron chi connectivity index (χ1n) is 25.9. The van der Waals surface area contributed by atoms with Crippen molar-refractivity contribution < 1.29 is 23.8 Å². The summed E-state index contributed by atoms with van der Waals surface area (Å²) in [5, 5.41) is 0. The topological polar surface area (TPSA) is 61.8 Å². The summed E-state index contributed by atoms with van der Waals surface area (Å²) in [7, 11) is 0. The number of esters is 2. The molecule has 0 aromatic heterocycles. The zero-order chi connectivity index (χ0) is 42.1. The molecule has 5 heteroatoms. The van der Waals surface area contributed by atoms with E-state index in [1.807, 2.05) is 0 Å². The molecule has 0 bridgehead atoms. The first kappa shape index (κ1) is 56.4. The van der Waals surface area contributed by atoms with Crippen LogP contribution in [0, 0.1) is 0 Å². The van der Waals surface area contributed by atoms with Gasteiger partial charge in [0.15, 0.2) is 0 Å². The van der Waals surface area contributed by atoms with Gasteiger partial charge in [-0.25, -0.2) is 0 Å². The molecule has 0 saturated heterocycles. The smallest absolute Gasteiger partial charge is 0.305 e. The largest absolute Gasteiger partial charge is 0.463 e. The predicted molar refractivity (Wildman–Crippen MR) is 252 cm³/mol. The van der Waals surface area contributed by atoms with Crippen molar-refractivity contribution in [2.75, 3.05) is 19.8 Å². The molecule has 1 atom stereocenters. The van der Waals surface area contributed by atoms with E-state index in [4.69, 9.17) is 14.2 Å². The van der Waals surface area contributed by atoms with Crippen LogP contribution >= 0.6 is 0 Å². The third-order valence-corrected chi connectivity index (χ3v) is 11.5. The zero-order valence-electron chi connectivity index (χ0n) is 39.3. The summed E-state index contributed by atoms with van der Waals surface area (Å²) < 4.78 is 17.4. The minimum atomic E-state index is -0.397. The van der Waals surface area contributed by atoms with Crippen molar-refractivity contribution >= 4 is 11.9 Å². The van der Waals surface area contributed by atoms with Gasteiger partial charge in [0, 0.05) is 19.4 Å². The van der Waals surface area contributed by atoms with Crippen LogP contribution < -0.4 is 0 Å². The lowest BCUT2D eigenvalue weighted by Crippen LogP contribution is -2.29. The lowest BCUT2D eigenvalue weighted by molar-refractivity contribution is -0.155. The van der Waals surface area contributed by atoms with Crippen LogP contribution in [0.4, 0.5) is 0 Å². The summed E-state index contributed by atoms with van der Waals surface area (Å²) in [6.07, 6.45) is 57.7. The van der Waals surface area contributed by atoms with Crippen LogP contribution in [-0.4, -0.2) is 37.9 Å². The molecule has 0 unspecified atom stereocenters. The number of rotatable bonds is 48. The average molecular weight is 817 g/mol. The zero-order valence-corrected chi connectivity index (χ0v) is 39.3. The Hall–Kier alpha value is -1.62. The molecular formula is C53H100O5. The molecule has 0 spiro atoms. The molecule has 0 aromatic rings. The van der Waals surface area contributed by atoms with Gasteiger partial charge in [0.2, 0.25) is 0 Å². The van der Waals surface area contributed by atoms with E-state index in [1.54, 1.807) is 0 Å². The number of unbranched alkanes of at least 4 members (excludes halogenated alkanes) is 33. The van der Waals surface area contributed by atoms with Crippen LogP contribution in [0.3, 0.4) is 0 Å². The Bertz CT molecular complexity index is 882. The van der Waals surface area contributed by atoms with Gasteiger partial charge in [-0.3, -0.25) is 9.59 Å². The lowest BCUT2D eigenvalue weighted by Gasteiger charge is -2.18. The summed E-state index contributed by atoms with van der Waals surface area (Å²) in [5.74, 6) is -0.336. The molecule has 0 aliphatic heterocycles. The Morgan fingerprint density at radius 3 is 1.03 bits per heavy atom. The van der Waals surface area contributed by atoms with Crippen LogP contribution in [0.25, 0.3) is 0 Å². The second-order valence-electron chi connectivity index (χ2n) is 17.4. The maximum absolute atomic E-state index is 12.6. The number of hydrogen-bond donors (Lipinski definition) is 0. The van der Waals surface area contributed by atoms with Crippen LogP contribution in [0.1, 0.15) is 278 Å². The molecule has 0 saturated carbocycles. The minimum absolute atomic E-state index is 0.156. The average Bonchev–Trinajstić information content (AvgIpc) is 3.23. The molecule has 0 aliphatic rings. The minimum Gasteiger partial charge on any atom is -0.463 e. The normalized spacial score (nSPS) is 12.3. The number of hydrogen-bond acceptors (Lipinski definition) is 5. The highest BCUT2D eigenvalue weighted by Crippen LogP contribution is 2.16. The molecule has 0 aromatic carbocycles. The van der Waals surface area contributed by atoms with E-state index >= 15 is 0 Å². The highest BCUT2D eigenvalue weighted by molar-refractivity contribution is 5.69. The fourth-order valence-corrected chi connectivity index (χ4v) is 7.57. The molecule has 58 heavy (non-hydrogen) atoms. The van der Waals surface area contributed by atoms with Crippen molar-refractivity contribution in [1.29, 1.82) is 0 Å². The molecule has 0 N–H and O–H groups in total. The van der Waals surface area contributed by atoms with Crippen molar-refractivity contribution in [3.05, 3.63) is 24.3 Å². The molecule has 0 amide bonds. The van der Waals surface area contributed by atoms with Crippen LogP contribution in [0.2, 0.25) is 0 Å². The van der Waals surface area contributed by atoms with Gasteiger partial charge >= 0.3 is 11.9 Å². The van der Waals surface area contributed by atoms with E-state index < -0.39 is 6.10 Å². The van der Waals surface area contributed by atoms with Crippen LogP contribution in [0.5, 0.6) is 0 Å². The number of ether oxygens (including phenoxy) is 3. The first-order valence-corrected chi connectivity index (χ1v) is 25.9. The third kappa shape index (κ3) is 47.1. The quantitative estimate of drug-likeness (QED) is 0.0348. The Labute approximate surface area is 362 Å². The second kappa shape index (κ2) is 49.7. The van der Waals surface area contributed by atoms with Gasteiger partial charge < -0.3 is 14.2 Å². The van der Waals surface area contributed by atoms with Crippen LogP contribution in [0.15, 0.2) is 24.3 Å². The Kier molecular flexibility index (Phi) is 48.4. The Morgan fingerprint density at radius 2 is 0.655 bits per heavy atom. The summed E-state index contributed by atoms with van der Waals surface area (Å²) >= 11 is 0. The fourth-order valence-electron chi connectivity index (χ4n) is 7.57. The molecule has 0 fully saturated rings. The van der Waals surface area contributed by atoms with Crippen molar-refractivity contribution in [2.24, 2.45) is 0 Å². The number of carbonyl (C=O) groups excluding carboxylic acids is 2. The van der Waals surface area contributed by atoms with Gasteiger partial charge in [-0.2, -0.15) is 0 Å². The van der Waals surface area contributed by atoms with E-state index in [0.29, 0.717) is 19.4 Å². The van der Waals surface area contributed by atoms with E-state index in [-0.39, 0.29) is 25.2 Å². The summed E-state index contributed by atoms with van der Waals surface area (Å²) in [5.41, 5.74) is 0. The van der Waals surface area contributed by atoms with E-state index in [2.05, 4.69) is 45.1 Å². The van der Waals surface area contributed by atoms with Gasteiger partial charge in [0.25, 0.3) is 0 Å². The number of carbonyl (C=O) groups is 2. The highest BCUT2D eigenvalue weighted by Gasteiger charge is 2.16. The molecule has 0 heterocycles. The molecule has 0 aliphatic carbocycles. The molecule has 5 nitrogen and oxygen atoms in total. The van der Waals surface area contributed by atoms with Gasteiger partial charge in [0.05, 0.1) is 0 Å². The van der Waals surface area contributed by atoms with Gasteiger partial charge in [-0.1, -0.05) is 238 Å². The summed E-state index contributed by atoms with van der Waals surface area (Å²) in [6, 6.07) is 0. The van der Waals surface area contributed by atoms with Crippen molar-refractivity contribution in [3.8, 4) is 0 Å². The van der Waals surface area contributed by atoms with Crippen molar-refractivity contribution in [3.63, 3.8) is 0 Å². The fraction of sp³-hybridized carbons (Fsp3) is 0.887. The Morgan fingerprint density at radius 1 is 0.362 bits per heavy atom. The highest BCUT2D eigenvalue weighted by atomic mass is 16.6. The molecule has 342 valence electrons. The number of allylic oxidation sites excluding steroid dienone is 4. The summed E-state index contributed by atoms with van der Waals surface area (Å²) in [4.78, 5) is 25.1. The third-order valence-electron chi connectivity index (χ3n) is 11.5. The SMILES string of the molecule is CCCCC/C=C\C/C=C\CCCCCCCC(=O)OC[C@H](COC(=O)CCCCCCCCCCCCC)OCCCCCCCCCCCCCCCCCC. The van der Waals surface area contributed by atoms with Crippen molar-refractivity contribution in [2.45, 2.75) is 284 Å². The van der Waals surface area contributed by atoms with Gasteiger partial charge in [0.1, 0.15) is 19.3 Å². The molecular weight excluding hydrogens is 717 g/mol. The standard InChI is InChI=1S/C53H100O5/c1-4-7-10-13-16-19-22-24-26-28-30-33-36-39-42-45-48-56-51(49-57-52(54)46-43-40-37-34-31-21-18-15-12-9-6-3)50-58-53(55)47-44-41-38-35-32-29-27-25-23-20-17-14-11-8-5-2/h17,20,25,27,51H,4-16,18-19,21-24,26,28-50H2,1-3H3/b20-17-,27-25-/t51-/m0/s1. The van der Waals surface area contributed by atoms with Crippen molar-refractivity contribution in [1.82, 2.24) is 0 Å². The maximum atomic E-state index is 12.6. The predicted octanol–water partition coefficient (Wildman–Crippen LogP) is 17.2. The lowest BCUT2D eigenvalue weighted by atomic mass is 10.0. The van der Waals surface area contributed by atoms with E-state index in [1.165, 1.54) is 186 Å². The monoisotopic (exact) mass is 817 g/mol. The first-order chi connectivity index (χ1) is 28.6. The molecule has 0 radical (unpaired) electrons. The van der Waals surface area contributed by atoms with Gasteiger partial charge in [-0.05, 0) is 51.4 Å². The second-order valence-corrected chi connectivity index (χ2v) is 17.4. The van der Waals surface area contributed by atoms with Crippen LogP contribution in [-0.2, 0) is 23.8 Å². The summed E-state index contributed by atoms with van der Waals surface area (Å²) in [6.45, 7) is 7.73. The molecule has 0 rings (SSSR count). The van der Waals surface area contributed by atoms with E-state index in [0.717, 1.165) is 57.8 Å². The Balaban J connectivity index is 4.22. The maximum Gasteiger partial charge on any atom is 0.305 e. The van der Waals surface area contributed by atoms with E-state index in [9.17, 15) is 9.59 Å². The van der Waals surface area contributed by atoms with Gasteiger partial charge in [-0.15, -0.1) is 0 Å².